The monoisotopic (exact) mass is 255 g/mol. The zero-order valence-corrected chi connectivity index (χ0v) is 9.81. The van der Waals surface area contributed by atoms with Crippen molar-refractivity contribution >= 4 is 0 Å². The molecule has 0 aliphatic heterocycles. The second-order valence-electron chi connectivity index (χ2n) is 2.73. The molecule has 0 aromatic heterocycles. The van der Waals surface area contributed by atoms with E-state index in [-0.39, 0.29) is 0 Å². The van der Waals surface area contributed by atoms with Gasteiger partial charge >= 0.3 is 76.0 Å². The number of halogens is 1. The molecule has 0 spiro atoms. The van der Waals surface area contributed by atoms with Gasteiger partial charge in [-0.15, -0.1) is 0 Å². The van der Waals surface area contributed by atoms with Crippen LogP contribution in [0.25, 0.3) is 0 Å². The quantitative estimate of drug-likeness (QED) is 0.476. The summed E-state index contributed by atoms with van der Waals surface area (Å²) in [7, 11) is 0. The summed E-state index contributed by atoms with van der Waals surface area (Å²) in [5.74, 6) is 0.984. The molecular formula is C9H20I-. The summed E-state index contributed by atoms with van der Waals surface area (Å²) >= 11 is 0.515. The van der Waals surface area contributed by atoms with Gasteiger partial charge in [-0.1, -0.05) is 0 Å². The first kappa shape index (κ1) is 10.7. The molecule has 1 heteroatoms. The van der Waals surface area contributed by atoms with Crippen LogP contribution in [0.1, 0.15) is 40.5 Å². The van der Waals surface area contributed by atoms with E-state index < -0.39 is 0 Å². The maximum atomic E-state index is 2.41. The van der Waals surface area contributed by atoms with Gasteiger partial charge in [0.05, 0.1) is 0 Å². The molecular weight excluding hydrogens is 235 g/mol. The van der Waals surface area contributed by atoms with Gasteiger partial charge in [0.25, 0.3) is 0 Å². The average molecular weight is 255 g/mol. The number of rotatable bonds is 5. The van der Waals surface area contributed by atoms with Gasteiger partial charge in [-0.2, -0.15) is 0 Å². The van der Waals surface area contributed by atoms with E-state index in [2.05, 4.69) is 27.7 Å². The summed E-state index contributed by atoms with van der Waals surface area (Å²) in [4.78, 5) is 0. The predicted molar refractivity (Wildman–Crippen MR) is 44.1 cm³/mol. The molecule has 0 radical (unpaired) electrons. The van der Waals surface area contributed by atoms with Gasteiger partial charge in [0.15, 0.2) is 0 Å². The van der Waals surface area contributed by atoms with Crippen LogP contribution in [0, 0.1) is 5.92 Å². The van der Waals surface area contributed by atoms with Crippen LogP contribution in [0.15, 0.2) is 0 Å². The predicted octanol–water partition coefficient (Wildman–Crippen LogP) is -0.0800. The molecule has 0 nitrogen and oxygen atoms in total. The van der Waals surface area contributed by atoms with Crippen LogP contribution in [-0.4, -0.2) is 8.35 Å². The van der Waals surface area contributed by atoms with Gasteiger partial charge < -0.3 is 0 Å². The van der Waals surface area contributed by atoms with Crippen LogP contribution in [0.4, 0.5) is 0 Å². The average Bonchev–Trinajstić information content (AvgIpc) is 1.99. The molecule has 10 heavy (non-hydrogen) atoms. The van der Waals surface area contributed by atoms with Crippen molar-refractivity contribution in [2.24, 2.45) is 5.92 Å². The molecule has 0 rings (SSSR count). The molecule has 0 saturated carbocycles. The summed E-state index contributed by atoms with van der Waals surface area (Å²) in [5, 5.41) is 0. The minimum absolute atomic E-state index is 0.515. The fourth-order valence-electron chi connectivity index (χ4n) is 1.12. The summed E-state index contributed by atoms with van der Waals surface area (Å²) in [6.45, 7) is 9.39. The third kappa shape index (κ3) is 3.79. The Balaban J connectivity index is 3.56. The number of hydrogen-bond acceptors (Lipinski definition) is 0. The van der Waals surface area contributed by atoms with Crippen molar-refractivity contribution in [1.82, 2.24) is 0 Å². The second kappa shape index (κ2) is 6.44. The fourth-order valence-corrected chi connectivity index (χ4v) is 4.25. The van der Waals surface area contributed by atoms with Crippen LogP contribution < -0.4 is 21.2 Å². The Morgan fingerprint density at radius 1 is 1.10 bits per heavy atom. The standard InChI is InChI=1S/C9H20I/c1-5-8(4)9(6-2)10-7-3/h8-9H,5-7H2,1-4H3/q-1. The first-order valence-corrected chi connectivity index (χ1v) is 7.11. The topological polar surface area (TPSA) is 0 Å². The van der Waals surface area contributed by atoms with Gasteiger partial charge in [-0.05, 0) is 0 Å². The van der Waals surface area contributed by atoms with Crippen molar-refractivity contribution in [2.45, 2.75) is 44.5 Å². The first-order valence-electron chi connectivity index (χ1n) is 4.33. The van der Waals surface area contributed by atoms with E-state index in [4.69, 9.17) is 0 Å². The Bertz CT molecular complexity index is 71.1. The molecule has 0 aliphatic carbocycles. The maximum absolute atomic E-state index is 2.41. The van der Waals surface area contributed by atoms with Crippen molar-refractivity contribution in [3.05, 3.63) is 0 Å². The van der Waals surface area contributed by atoms with Crippen LogP contribution in [0.3, 0.4) is 0 Å². The first-order chi connectivity index (χ1) is 4.76. The van der Waals surface area contributed by atoms with Crippen molar-refractivity contribution in [2.75, 3.05) is 4.43 Å². The van der Waals surface area contributed by atoms with Gasteiger partial charge in [0, 0.05) is 0 Å². The Morgan fingerprint density at radius 2 is 1.70 bits per heavy atom. The molecule has 0 aliphatic rings. The zero-order valence-electron chi connectivity index (χ0n) is 7.65. The van der Waals surface area contributed by atoms with Gasteiger partial charge in [0.2, 0.25) is 0 Å². The number of hydrogen-bond donors (Lipinski definition) is 0. The molecule has 0 fully saturated rings. The fraction of sp³-hybridized carbons (Fsp3) is 1.00. The molecule has 64 valence electrons. The molecule has 2 unspecified atom stereocenters. The van der Waals surface area contributed by atoms with Crippen molar-refractivity contribution in [1.29, 1.82) is 0 Å². The summed E-state index contributed by atoms with van der Waals surface area (Å²) in [6, 6.07) is 0. The summed E-state index contributed by atoms with van der Waals surface area (Å²) in [5.41, 5.74) is 0. The van der Waals surface area contributed by atoms with E-state index in [1.807, 2.05) is 0 Å². The van der Waals surface area contributed by atoms with Crippen molar-refractivity contribution in [3.63, 3.8) is 0 Å². The number of alkyl halides is 2. The van der Waals surface area contributed by atoms with Gasteiger partial charge in [-0.25, -0.2) is 0 Å². The molecule has 0 heterocycles. The van der Waals surface area contributed by atoms with E-state index in [1.54, 1.807) is 0 Å². The van der Waals surface area contributed by atoms with Crippen LogP contribution in [0.5, 0.6) is 0 Å². The van der Waals surface area contributed by atoms with E-state index in [0.717, 1.165) is 9.84 Å². The molecule has 0 aromatic carbocycles. The van der Waals surface area contributed by atoms with Crippen LogP contribution in [0.2, 0.25) is 0 Å². The Kier molecular flexibility index (Phi) is 6.91. The third-order valence-corrected chi connectivity index (χ3v) is 6.12. The van der Waals surface area contributed by atoms with E-state index in [0.29, 0.717) is 21.2 Å². The summed E-state index contributed by atoms with van der Waals surface area (Å²) < 4.78 is 2.55. The Hall–Kier alpha value is 0.730. The molecule has 0 bridgehead atoms. The van der Waals surface area contributed by atoms with Gasteiger partial charge in [0.1, 0.15) is 0 Å². The minimum atomic E-state index is 0.515. The van der Waals surface area contributed by atoms with Crippen molar-refractivity contribution < 1.29 is 21.2 Å². The molecule has 0 N–H and O–H groups in total. The van der Waals surface area contributed by atoms with Crippen molar-refractivity contribution in [3.8, 4) is 0 Å². The third-order valence-electron chi connectivity index (χ3n) is 2.00. The van der Waals surface area contributed by atoms with Crippen LogP contribution in [-0.2, 0) is 0 Å². The summed E-state index contributed by atoms with van der Waals surface area (Å²) in [6.07, 6.45) is 2.79. The molecule has 0 saturated heterocycles. The van der Waals surface area contributed by atoms with E-state index >= 15 is 0 Å². The molecule has 0 amide bonds. The normalized spacial score (nSPS) is 17.2. The Morgan fingerprint density at radius 3 is 2.00 bits per heavy atom. The Labute approximate surface area is 76.0 Å². The zero-order chi connectivity index (χ0) is 7.98. The van der Waals surface area contributed by atoms with Crippen LogP contribution >= 0.6 is 0 Å². The van der Waals surface area contributed by atoms with E-state index in [9.17, 15) is 0 Å². The molecule has 0 aromatic rings. The second-order valence-corrected chi connectivity index (χ2v) is 6.74. The SMILES string of the molecule is CC[I-]C(CC)C(C)CC. The van der Waals surface area contributed by atoms with E-state index in [1.165, 1.54) is 17.3 Å². The van der Waals surface area contributed by atoms with Gasteiger partial charge in [-0.3, -0.25) is 0 Å². The molecule has 2 atom stereocenters.